The molecular formula is C12H6Br2FNO3. The SMILES string of the molecule is N#Cc1c(F)cc(C(=O)O)c2c1OCC1C2C1(Br)Br. The molecular weight excluding hydrogens is 385 g/mol. The van der Waals surface area contributed by atoms with Crippen LogP contribution in [0.25, 0.3) is 0 Å². The van der Waals surface area contributed by atoms with Gasteiger partial charge in [0, 0.05) is 17.4 Å². The average Bonchev–Trinajstić information content (AvgIpc) is 2.91. The van der Waals surface area contributed by atoms with Crippen molar-refractivity contribution in [2.75, 3.05) is 6.61 Å². The van der Waals surface area contributed by atoms with Gasteiger partial charge in [0.1, 0.15) is 23.2 Å². The fourth-order valence-corrected chi connectivity index (χ4v) is 4.17. The van der Waals surface area contributed by atoms with Crippen LogP contribution < -0.4 is 4.74 Å². The molecule has 4 nitrogen and oxygen atoms in total. The van der Waals surface area contributed by atoms with Crippen molar-refractivity contribution in [2.24, 2.45) is 5.92 Å². The number of alkyl halides is 2. The molecule has 1 fully saturated rings. The van der Waals surface area contributed by atoms with Crippen LogP contribution in [-0.4, -0.2) is 20.9 Å². The van der Waals surface area contributed by atoms with E-state index in [0.29, 0.717) is 12.2 Å². The fraction of sp³-hybridized carbons (Fsp3) is 0.333. The molecule has 7 heteroatoms. The summed E-state index contributed by atoms with van der Waals surface area (Å²) in [5, 5.41) is 18.2. The largest absolute Gasteiger partial charge is 0.491 e. The maximum atomic E-state index is 13.7. The Kier molecular flexibility index (Phi) is 2.67. The van der Waals surface area contributed by atoms with Gasteiger partial charge in [0.05, 0.1) is 15.4 Å². The van der Waals surface area contributed by atoms with Crippen LogP contribution in [0.1, 0.15) is 27.4 Å². The first-order valence-corrected chi connectivity index (χ1v) is 6.98. The van der Waals surface area contributed by atoms with Crippen LogP contribution in [-0.2, 0) is 0 Å². The Morgan fingerprint density at radius 3 is 2.89 bits per heavy atom. The third-order valence-corrected chi connectivity index (χ3v) is 5.70. The summed E-state index contributed by atoms with van der Waals surface area (Å²) in [5.74, 6) is -2.12. The molecule has 2 aliphatic rings. The van der Waals surface area contributed by atoms with E-state index in [1.807, 2.05) is 0 Å². The van der Waals surface area contributed by atoms with Gasteiger partial charge in [0.2, 0.25) is 0 Å². The quantitative estimate of drug-likeness (QED) is 0.748. The minimum absolute atomic E-state index is 0.0573. The van der Waals surface area contributed by atoms with Crippen molar-refractivity contribution < 1.29 is 19.0 Å². The van der Waals surface area contributed by atoms with Gasteiger partial charge in [-0.3, -0.25) is 0 Å². The van der Waals surface area contributed by atoms with Crippen molar-refractivity contribution in [1.29, 1.82) is 5.26 Å². The summed E-state index contributed by atoms with van der Waals surface area (Å²) in [7, 11) is 0. The van der Waals surface area contributed by atoms with Crippen molar-refractivity contribution in [3.8, 4) is 11.8 Å². The number of aromatic carboxylic acids is 1. The van der Waals surface area contributed by atoms with Crippen LogP contribution in [0.2, 0.25) is 0 Å². The molecule has 2 unspecified atom stereocenters. The van der Waals surface area contributed by atoms with E-state index in [0.717, 1.165) is 6.07 Å². The summed E-state index contributed by atoms with van der Waals surface area (Å²) in [6, 6.07) is 2.62. The molecule has 0 bridgehead atoms. The summed E-state index contributed by atoms with van der Waals surface area (Å²) < 4.78 is 18.7. The molecule has 0 amide bonds. The molecule has 1 heterocycles. The fourth-order valence-electron chi connectivity index (χ4n) is 2.55. The molecule has 0 aromatic heterocycles. The lowest BCUT2D eigenvalue weighted by atomic mass is 9.95. The molecule has 2 atom stereocenters. The number of halogens is 3. The number of carboxylic acid groups (broad SMARTS) is 1. The number of carbonyl (C=O) groups is 1. The van der Waals surface area contributed by atoms with Gasteiger partial charge in [0.25, 0.3) is 0 Å². The first-order chi connectivity index (χ1) is 8.89. The number of ether oxygens (including phenoxy) is 1. The van der Waals surface area contributed by atoms with E-state index in [1.54, 1.807) is 6.07 Å². The molecule has 98 valence electrons. The number of benzene rings is 1. The first-order valence-electron chi connectivity index (χ1n) is 5.40. The maximum Gasteiger partial charge on any atom is 0.336 e. The zero-order valence-corrected chi connectivity index (χ0v) is 12.5. The van der Waals surface area contributed by atoms with E-state index >= 15 is 0 Å². The number of rotatable bonds is 1. The monoisotopic (exact) mass is 389 g/mol. The summed E-state index contributed by atoms with van der Waals surface area (Å²) >= 11 is 6.93. The van der Waals surface area contributed by atoms with Gasteiger partial charge < -0.3 is 9.84 Å². The van der Waals surface area contributed by atoms with Crippen molar-refractivity contribution in [2.45, 2.75) is 9.15 Å². The summed E-state index contributed by atoms with van der Waals surface area (Å²) in [4.78, 5) is 11.3. The minimum Gasteiger partial charge on any atom is -0.491 e. The molecule has 1 aromatic rings. The van der Waals surface area contributed by atoms with Gasteiger partial charge in [0.15, 0.2) is 0 Å². The number of nitriles is 1. The second-order valence-corrected chi connectivity index (χ2v) is 8.20. The topological polar surface area (TPSA) is 70.3 Å². The Morgan fingerprint density at radius 1 is 1.63 bits per heavy atom. The molecule has 3 rings (SSSR count). The van der Waals surface area contributed by atoms with Crippen molar-refractivity contribution in [3.63, 3.8) is 0 Å². The van der Waals surface area contributed by atoms with Crippen LogP contribution >= 0.6 is 31.9 Å². The molecule has 1 saturated carbocycles. The summed E-state index contributed by atoms with van der Waals surface area (Å²) in [6.45, 7) is 0.311. The van der Waals surface area contributed by atoms with E-state index in [4.69, 9.17) is 10.00 Å². The second kappa shape index (κ2) is 3.93. The molecule has 1 aliphatic heterocycles. The normalized spacial score (nSPS) is 25.6. The van der Waals surface area contributed by atoms with Gasteiger partial charge in [-0.15, -0.1) is 0 Å². The van der Waals surface area contributed by atoms with Crippen LogP contribution in [0, 0.1) is 23.1 Å². The number of hydrogen-bond acceptors (Lipinski definition) is 3. The Bertz CT molecular complexity index is 653. The van der Waals surface area contributed by atoms with E-state index in [1.165, 1.54) is 0 Å². The Morgan fingerprint density at radius 2 is 2.32 bits per heavy atom. The Labute approximate surface area is 124 Å². The lowest BCUT2D eigenvalue weighted by Gasteiger charge is -2.19. The zero-order chi connectivity index (χ0) is 13.9. The third kappa shape index (κ3) is 1.63. The average molecular weight is 391 g/mol. The number of nitrogens with zero attached hydrogens (tertiary/aromatic N) is 1. The number of carboxylic acids is 1. The minimum atomic E-state index is -1.23. The number of fused-ring (bicyclic) bond motifs is 3. The second-order valence-electron chi connectivity index (χ2n) is 4.51. The van der Waals surface area contributed by atoms with Crippen molar-refractivity contribution in [3.05, 3.63) is 28.6 Å². The zero-order valence-electron chi connectivity index (χ0n) is 9.28. The molecule has 0 radical (unpaired) electrons. The van der Waals surface area contributed by atoms with Gasteiger partial charge >= 0.3 is 5.97 Å². The molecule has 1 N–H and O–H groups in total. The lowest BCUT2D eigenvalue weighted by Crippen LogP contribution is -2.15. The van der Waals surface area contributed by atoms with E-state index in [-0.39, 0.29) is 28.7 Å². The molecule has 1 aromatic carbocycles. The summed E-state index contributed by atoms with van der Waals surface area (Å²) in [5.41, 5.74) is -0.00132. The first kappa shape index (κ1) is 12.9. The molecule has 19 heavy (non-hydrogen) atoms. The molecule has 1 aliphatic carbocycles. The van der Waals surface area contributed by atoms with E-state index in [9.17, 15) is 14.3 Å². The third-order valence-electron chi connectivity index (χ3n) is 3.53. The van der Waals surface area contributed by atoms with Crippen LogP contribution in [0.3, 0.4) is 0 Å². The molecule has 0 spiro atoms. The van der Waals surface area contributed by atoms with E-state index < -0.39 is 15.0 Å². The predicted octanol–water partition coefficient (Wildman–Crippen LogP) is 2.99. The highest BCUT2D eigenvalue weighted by Gasteiger charge is 2.66. The highest BCUT2D eigenvalue weighted by Crippen LogP contribution is 2.71. The van der Waals surface area contributed by atoms with Crippen molar-refractivity contribution >= 4 is 37.8 Å². The Balaban J connectivity index is 2.30. The van der Waals surface area contributed by atoms with Gasteiger partial charge in [-0.05, 0) is 6.07 Å². The smallest absolute Gasteiger partial charge is 0.336 e. The Hall–Kier alpha value is -1.13. The summed E-state index contributed by atoms with van der Waals surface area (Å²) in [6.07, 6.45) is 0. The van der Waals surface area contributed by atoms with Gasteiger partial charge in [-0.25, -0.2) is 9.18 Å². The molecule has 0 saturated heterocycles. The predicted molar refractivity (Wildman–Crippen MR) is 70.4 cm³/mol. The van der Waals surface area contributed by atoms with Crippen LogP contribution in [0.15, 0.2) is 6.07 Å². The highest BCUT2D eigenvalue weighted by molar-refractivity contribution is 9.25. The van der Waals surface area contributed by atoms with E-state index in [2.05, 4.69) is 31.9 Å². The maximum absolute atomic E-state index is 13.7. The van der Waals surface area contributed by atoms with Crippen LogP contribution in [0.5, 0.6) is 5.75 Å². The van der Waals surface area contributed by atoms with Gasteiger partial charge in [-0.1, -0.05) is 31.9 Å². The van der Waals surface area contributed by atoms with Crippen LogP contribution in [0.4, 0.5) is 4.39 Å². The lowest BCUT2D eigenvalue weighted by molar-refractivity contribution is 0.0693. The highest BCUT2D eigenvalue weighted by atomic mass is 79.9. The standard InChI is InChI=1S/C12H6Br2FNO3/c13-12(14)6-3-19-10-5(2-16)7(15)1-4(11(17)18)8(10)9(6)12/h1,6,9H,3H2,(H,17,18). The van der Waals surface area contributed by atoms with Crippen molar-refractivity contribution in [1.82, 2.24) is 0 Å². The number of hydrogen-bond donors (Lipinski definition) is 1. The van der Waals surface area contributed by atoms with Gasteiger partial charge in [-0.2, -0.15) is 5.26 Å².